The summed E-state index contributed by atoms with van der Waals surface area (Å²) in [5, 5.41) is 0.664. The average molecular weight is 250 g/mol. The molecular formula is C9H10BrClO. The van der Waals surface area contributed by atoms with E-state index in [0.29, 0.717) is 11.6 Å². The van der Waals surface area contributed by atoms with Gasteiger partial charge in [0.15, 0.2) is 0 Å². The maximum atomic E-state index is 5.93. The molecule has 0 spiro atoms. The van der Waals surface area contributed by atoms with E-state index < -0.39 is 0 Å². The highest BCUT2D eigenvalue weighted by Gasteiger charge is 2.07. The second-order valence-electron chi connectivity index (χ2n) is 2.42. The maximum absolute atomic E-state index is 5.93. The van der Waals surface area contributed by atoms with Crippen LogP contribution in [0.5, 0.6) is 5.75 Å². The van der Waals surface area contributed by atoms with Gasteiger partial charge in [-0.15, -0.1) is 0 Å². The minimum atomic E-state index is 0.636. The molecule has 0 saturated carbocycles. The SMILES string of the molecule is CCOc1c(Cl)ccc(Br)c1C. The van der Waals surface area contributed by atoms with E-state index in [1.54, 1.807) is 0 Å². The van der Waals surface area contributed by atoms with Crippen molar-refractivity contribution in [3.63, 3.8) is 0 Å². The fraction of sp³-hybridized carbons (Fsp3) is 0.333. The molecule has 66 valence electrons. The Bertz CT molecular complexity index is 286. The molecule has 1 rings (SSSR count). The van der Waals surface area contributed by atoms with Crippen molar-refractivity contribution in [1.29, 1.82) is 0 Å². The molecule has 3 heteroatoms. The molecule has 0 unspecified atom stereocenters. The fourth-order valence-electron chi connectivity index (χ4n) is 0.956. The zero-order valence-corrected chi connectivity index (χ0v) is 9.37. The summed E-state index contributed by atoms with van der Waals surface area (Å²) in [6, 6.07) is 3.74. The minimum Gasteiger partial charge on any atom is -0.492 e. The van der Waals surface area contributed by atoms with Crippen molar-refractivity contribution >= 4 is 27.5 Å². The van der Waals surface area contributed by atoms with Gasteiger partial charge in [0.25, 0.3) is 0 Å². The van der Waals surface area contributed by atoms with Gasteiger partial charge in [0, 0.05) is 10.0 Å². The van der Waals surface area contributed by atoms with Crippen molar-refractivity contribution in [2.24, 2.45) is 0 Å². The van der Waals surface area contributed by atoms with Crippen LogP contribution in [0.15, 0.2) is 16.6 Å². The van der Waals surface area contributed by atoms with Gasteiger partial charge in [0.2, 0.25) is 0 Å². The quantitative estimate of drug-likeness (QED) is 0.774. The van der Waals surface area contributed by atoms with Crippen molar-refractivity contribution in [2.75, 3.05) is 6.61 Å². The predicted molar refractivity (Wildman–Crippen MR) is 55.1 cm³/mol. The van der Waals surface area contributed by atoms with Gasteiger partial charge in [0.1, 0.15) is 5.75 Å². The van der Waals surface area contributed by atoms with Gasteiger partial charge >= 0.3 is 0 Å². The lowest BCUT2D eigenvalue weighted by molar-refractivity contribution is 0.338. The Kier molecular flexibility index (Phi) is 3.41. The molecule has 0 N–H and O–H groups in total. The number of benzene rings is 1. The minimum absolute atomic E-state index is 0.636. The van der Waals surface area contributed by atoms with E-state index in [9.17, 15) is 0 Å². The third kappa shape index (κ3) is 1.93. The highest BCUT2D eigenvalue weighted by atomic mass is 79.9. The van der Waals surface area contributed by atoms with Crippen LogP contribution in [0.3, 0.4) is 0 Å². The molecular weight excluding hydrogens is 239 g/mol. The highest BCUT2D eigenvalue weighted by molar-refractivity contribution is 9.10. The molecule has 1 aromatic rings. The molecule has 0 fully saturated rings. The molecule has 0 atom stereocenters. The third-order valence-electron chi connectivity index (χ3n) is 1.58. The van der Waals surface area contributed by atoms with Gasteiger partial charge in [-0.3, -0.25) is 0 Å². The first-order valence-electron chi connectivity index (χ1n) is 3.74. The molecule has 0 amide bonds. The Balaban J connectivity index is 3.14. The van der Waals surface area contributed by atoms with Crippen LogP contribution in [-0.4, -0.2) is 6.61 Å². The van der Waals surface area contributed by atoms with E-state index >= 15 is 0 Å². The first-order valence-corrected chi connectivity index (χ1v) is 4.91. The molecule has 1 nitrogen and oxygen atoms in total. The second kappa shape index (κ2) is 4.15. The number of rotatable bonds is 2. The molecule has 0 heterocycles. The van der Waals surface area contributed by atoms with Crippen LogP contribution >= 0.6 is 27.5 Å². The Morgan fingerprint density at radius 3 is 2.75 bits per heavy atom. The van der Waals surface area contributed by atoms with Gasteiger partial charge in [-0.25, -0.2) is 0 Å². The van der Waals surface area contributed by atoms with E-state index in [1.165, 1.54) is 0 Å². The normalized spacial score (nSPS) is 10.0. The summed E-state index contributed by atoms with van der Waals surface area (Å²) < 4.78 is 6.41. The Labute approximate surface area is 85.8 Å². The van der Waals surface area contributed by atoms with Gasteiger partial charge < -0.3 is 4.74 Å². The summed E-state index contributed by atoms with van der Waals surface area (Å²) in [6.07, 6.45) is 0. The summed E-state index contributed by atoms with van der Waals surface area (Å²) in [5.41, 5.74) is 1.05. The van der Waals surface area contributed by atoms with E-state index in [1.807, 2.05) is 26.0 Å². The van der Waals surface area contributed by atoms with Crippen LogP contribution in [0.4, 0.5) is 0 Å². The second-order valence-corrected chi connectivity index (χ2v) is 3.68. The van der Waals surface area contributed by atoms with Crippen LogP contribution < -0.4 is 4.74 Å². The van der Waals surface area contributed by atoms with E-state index in [-0.39, 0.29) is 0 Å². The van der Waals surface area contributed by atoms with E-state index in [0.717, 1.165) is 15.8 Å². The van der Waals surface area contributed by atoms with E-state index in [4.69, 9.17) is 16.3 Å². The van der Waals surface area contributed by atoms with E-state index in [2.05, 4.69) is 15.9 Å². The van der Waals surface area contributed by atoms with Crippen molar-refractivity contribution in [1.82, 2.24) is 0 Å². The van der Waals surface area contributed by atoms with Gasteiger partial charge in [-0.1, -0.05) is 27.5 Å². The largest absolute Gasteiger partial charge is 0.492 e. The standard InChI is InChI=1S/C9H10BrClO/c1-3-12-9-6(2)7(10)4-5-8(9)11/h4-5H,3H2,1-2H3. The Hall–Kier alpha value is -0.210. The molecule has 0 aliphatic carbocycles. The lowest BCUT2D eigenvalue weighted by Gasteiger charge is -2.09. The molecule has 0 saturated heterocycles. The zero-order chi connectivity index (χ0) is 9.14. The molecule has 0 aromatic heterocycles. The first-order chi connectivity index (χ1) is 5.66. The van der Waals surface area contributed by atoms with Crippen LogP contribution in [0.1, 0.15) is 12.5 Å². The summed E-state index contributed by atoms with van der Waals surface area (Å²) >= 11 is 9.35. The maximum Gasteiger partial charge on any atom is 0.141 e. The van der Waals surface area contributed by atoms with Crippen LogP contribution in [0.25, 0.3) is 0 Å². The predicted octanol–water partition coefficient (Wildman–Crippen LogP) is 3.81. The topological polar surface area (TPSA) is 9.23 Å². The molecule has 12 heavy (non-hydrogen) atoms. The molecule has 0 bridgehead atoms. The molecule has 0 radical (unpaired) electrons. The highest BCUT2D eigenvalue weighted by Crippen LogP contribution is 2.33. The van der Waals surface area contributed by atoms with Crippen molar-refractivity contribution in [2.45, 2.75) is 13.8 Å². The summed E-state index contributed by atoms with van der Waals surface area (Å²) in [7, 11) is 0. The summed E-state index contributed by atoms with van der Waals surface area (Å²) in [6.45, 7) is 4.55. The van der Waals surface area contributed by atoms with Crippen molar-refractivity contribution in [3.05, 3.63) is 27.2 Å². The summed E-state index contributed by atoms with van der Waals surface area (Å²) in [5.74, 6) is 0.772. The average Bonchev–Trinajstić information content (AvgIpc) is 2.06. The fourth-order valence-corrected chi connectivity index (χ4v) is 1.53. The monoisotopic (exact) mass is 248 g/mol. The Morgan fingerprint density at radius 2 is 2.17 bits per heavy atom. The number of halogens is 2. The molecule has 0 aliphatic heterocycles. The Morgan fingerprint density at radius 1 is 1.50 bits per heavy atom. The lowest BCUT2D eigenvalue weighted by Crippen LogP contribution is -1.95. The van der Waals surface area contributed by atoms with Gasteiger partial charge in [-0.05, 0) is 26.0 Å². The smallest absolute Gasteiger partial charge is 0.141 e. The van der Waals surface area contributed by atoms with Crippen LogP contribution in [-0.2, 0) is 0 Å². The van der Waals surface area contributed by atoms with Crippen LogP contribution in [0.2, 0.25) is 5.02 Å². The summed E-state index contributed by atoms with van der Waals surface area (Å²) in [4.78, 5) is 0. The number of hydrogen-bond acceptors (Lipinski definition) is 1. The number of hydrogen-bond donors (Lipinski definition) is 0. The molecule has 1 aromatic carbocycles. The van der Waals surface area contributed by atoms with Crippen molar-refractivity contribution in [3.8, 4) is 5.75 Å². The van der Waals surface area contributed by atoms with Gasteiger partial charge in [0.05, 0.1) is 11.6 Å². The number of ether oxygens (including phenoxy) is 1. The zero-order valence-electron chi connectivity index (χ0n) is 7.03. The van der Waals surface area contributed by atoms with Gasteiger partial charge in [-0.2, -0.15) is 0 Å². The van der Waals surface area contributed by atoms with Crippen LogP contribution in [0, 0.1) is 6.92 Å². The first kappa shape index (κ1) is 9.87. The molecule has 0 aliphatic rings. The third-order valence-corrected chi connectivity index (χ3v) is 2.74. The van der Waals surface area contributed by atoms with Crippen molar-refractivity contribution < 1.29 is 4.74 Å². The lowest BCUT2D eigenvalue weighted by atomic mass is 10.2.